The van der Waals surface area contributed by atoms with Crippen LogP contribution in [-0.4, -0.2) is 47.7 Å². The Morgan fingerprint density at radius 1 is 1.36 bits per heavy atom. The van der Waals surface area contributed by atoms with E-state index in [1.54, 1.807) is 17.0 Å². The summed E-state index contributed by atoms with van der Waals surface area (Å²) in [4.78, 5) is 16.7. The molecule has 1 amide bonds. The van der Waals surface area contributed by atoms with Gasteiger partial charge in [0.2, 0.25) is 5.91 Å². The molecule has 0 radical (unpaired) electrons. The van der Waals surface area contributed by atoms with E-state index >= 15 is 0 Å². The standard InChI is InChI=1S/C19H26FN3O2/c1-14(22-12-8-16(9-13-22)15(2)24)19(25)23(11-3-10-21)18-6-4-17(20)5-7-18/h4-7,14-16,24H,3,8-9,11-13H2,1-2H3. The van der Waals surface area contributed by atoms with Gasteiger partial charge in [-0.2, -0.15) is 5.26 Å². The van der Waals surface area contributed by atoms with Gasteiger partial charge in [0, 0.05) is 12.2 Å². The number of carbonyl (C=O) groups is 1. The Labute approximate surface area is 148 Å². The van der Waals surface area contributed by atoms with Crippen LogP contribution < -0.4 is 4.90 Å². The summed E-state index contributed by atoms with van der Waals surface area (Å²) in [6.07, 6.45) is 1.63. The average Bonchev–Trinajstić information content (AvgIpc) is 2.62. The summed E-state index contributed by atoms with van der Waals surface area (Å²) >= 11 is 0. The lowest BCUT2D eigenvalue weighted by Crippen LogP contribution is -2.50. The molecule has 0 spiro atoms. The molecule has 0 saturated carbocycles. The second-order valence-electron chi connectivity index (χ2n) is 6.66. The molecule has 1 aromatic carbocycles. The van der Waals surface area contributed by atoms with Crippen molar-refractivity contribution in [2.45, 2.75) is 45.3 Å². The molecule has 2 atom stereocenters. The molecule has 2 rings (SSSR count). The number of carbonyl (C=O) groups excluding carboxylic acids is 1. The minimum absolute atomic E-state index is 0.0858. The van der Waals surface area contributed by atoms with E-state index in [1.807, 2.05) is 13.8 Å². The van der Waals surface area contributed by atoms with Gasteiger partial charge in [0.15, 0.2) is 0 Å². The summed E-state index contributed by atoms with van der Waals surface area (Å²) in [7, 11) is 0. The number of aliphatic hydroxyl groups excluding tert-OH is 1. The van der Waals surface area contributed by atoms with Gasteiger partial charge >= 0.3 is 0 Å². The topological polar surface area (TPSA) is 67.6 Å². The number of amides is 1. The molecule has 1 fully saturated rings. The number of likely N-dealkylation sites (tertiary alicyclic amines) is 1. The first-order chi connectivity index (χ1) is 11.9. The molecule has 0 bridgehead atoms. The highest BCUT2D eigenvalue weighted by atomic mass is 19.1. The largest absolute Gasteiger partial charge is 0.393 e. The smallest absolute Gasteiger partial charge is 0.244 e. The Hall–Kier alpha value is -1.97. The second kappa shape index (κ2) is 8.93. The fraction of sp³-hybridized carbons (Fsp3) is 0.579. The number of rotatable bonds is 6. The maximum absolute atomic E-state index is 13.2. The van der Waals surface area contributed by atoms with Crippen LogP contribution in [0.25, 0.3) is 0 Å². The Balaban J connectivity index is 2.08. The van der Waals surface area contributed by atoms with E-state index in [0.29, 0.717) is 5.69 Å². The van der Waals surface area contributed by atoms with Gasteiger partial charge < -0.3 is 10.0 Å². The van der Waals surface area contributed by atoms with Gasteiger partial charge in [-0.15, -0.1) is 0 Å². The van der Waals surface area contributed by atoms with Crippen molar-refractivity contribution in [3.05, 3.63) is 30.1 Å². The molecular formula is C19H26FN3O2. The Bertz CT molecular complexity index is 604. The quantitative estimate of drug-likeness (QED) is 0.859. The van der Waals surface area contributed by atoms with Gasteiger partial charge in [-0.25, -0.2) is 4.39 Å². The van der Waals surface area contributed by atoms with Crippen LogP contribution in [0.3, 0.4) is 0 Å². The van der Waals surface area contributed by atoms with Crippen molar-refractivity contribution in [3.63, 3.8) is 0 Å². The predicted octanol–water partition coefficient (Wildman–Crippen LogP) is 2.55. The first kappa shape index (κ1) is 19.4. The highest BCUT2D eigenvalue weighted by molar-refractivity contribution is 5.97. The number of benzene rings is 1. The van der Waals surface area contributed by atoms with E-state index in [0.717, 1.165) is 25.9 Å². The molecule has 0 aliphatic carbocycles. The van der Waals surface area contributed by atoms with E-state index in [4.69, 9.17) is 5.26 Å². The average molecular weight is 347 g/mol. The summed E-state index contributed by atoms with van der Waals surface area (Å²) in [5.41, 5.74) is 0.604. The normalized spacial score (nSPS) is 18.4. The molecule has 1 aliphatic heterocycles. The number of nitriles is 1. The Morgan fingerprint density at radius 3 is 2.48 bits per heavy atom. The Kier molecular flexibility index (Phi) is 6.91. The molecule has 6 heteroatoms. The second-order valence-corrected chi connectivity index (χ2v) is 6.66. The van der Waals surface area contributed by atoms with E-state index < -0.39 is 0 Å². The highest BCUT2D eigenvalue weighted by Crippen LogP contribution is 2.24. The van der Waals surface area contributed by atoms with Crippen LogP contribution in [0.15, 0.2) is 24.3 Å². The first-order valence-electron chi connectivity index (χ1n) is 8.80. The monoisotopic (exact) mass is 347 g/mol. The summed E-state index contributed by atoms with van der Waals surface area (Å²) in [6, 6.07) is 7.51. The zero-order valence-corrected chi connectivity index (χ0v) is 14.9. The highest BCUT2D eigenvalue weighted by Gasteiger charge is 2.31. The summed E-state index contributed by atoms with van der Waals surface area (Å²) < 4.78 is 13.2. The third kappa shape index (κ3) is 5.00. The first-order valence-corrected chi connectivity index (χ1v) is 8.80. The van der Waals surface area contributed by atoms with E-state index in [9.17, 15) is 14.3 Å². The fourth-order valence-corrected chi connectivity index (χ4v) is 3.32. The molecule has 1 saturated heterocycles. The molecule has 1 aliphatic rings. The molecular weight excluding hydrogens is 321 g/mol. The van der Waals surface area contributed by atoms with Gasteiger partial charge in [-0.05, 0) is 70.0 Å². The molecule has 25 heavy (non-hydrogen) atoms. The number of hydrogen-bond acceptors (Lipinski definition) is 4. The number of aliphatic hydroxyl groups is 1. The summed E-state index contributed by atoms with van der Waals surface area (Å²) in [5, 5.41) is 18.6. The number of hydrogen-bond donors (Lipinski definition) is 1. The molecule has 5 nitrogen and oxygen atoms in total. The van der Waals surface area contributed by atoms with Gasteiger partial charge in [-0.3, -0.25) is 9.69 Å². The number of anilines is 1. The third-order valence-electron chi connectivity index (χ3n) is 5.01. The van der Waals surface area contributed by atoms with Crippen molar-refractivity contribution < 1.29 is 14.3 Å². The van der Waals surface area contributed by atoms with Crippen LogP contribution in [0.1, 0.15) is 33.1 Å². The van der Waals surface area contributed by atoms with Gasteiger partial charge in [0.1, 0.15) is 5.82 Å². The molecule has 2 unspecified atom stereocenters. The van der Waals surface area contributed by atoms with Gasteiger partial charge in [-0.1, -0.05) is 0 Å². The van der Waals surface area contributed by atoms with Crippen LogP contribution in [0.2, 0.25) is 0 Å². The lowest BCUT2D eigenvalue weighted by atomic mass is 9.91. The number of piperidine rings is 1. The van der Waals surface area contributed by atoms with Crippen molar-refractivity contribution in [1.82, 2.24) is 4.90 Å². The molecule has 1 aromatic rings. The minimum atomic E-state index is -0.357. The zero-order chi connectivity index (χ0) is 18.4. The predicted molar refractivity (Wildman–Crippen MR) is 94.4 cm³/mol. The van der Waals surface area contributed by atoms with Crippen LogP contribution in [0.4, 0.5) is 10.1 Å². The van der Waals surface area contributed by atoms with Crippen LogP contribution in [0, 0.1) is 23.1 Å². The van der Waals surface area contributed by atoms with Gasteiger partial charge in [0.05, 0.1) is 24.6 Å². The summed E-state index contributed by atoms with van der Waals surface area (Å²) in [6.45, 7) is 5.49. The van der Waals surface area contributed by atoms with E-state index in [1.165, 1.54) is 12.1 Å². The lowest BCUT2D eigenvalue weighted by Gasteiger charge is -2.38. The van der Waals surface area contributed by atoms with Crippen LogP contribution in [0.5, 0.6) is 0 Å². The van der Waals surface area contributed by atoms with Crippen molar-refractivity contribution in [1.29, 1.82) is 5.26 Å². The SMILES string of the molecule is CC(O)C1CCN(C(C)C(=O)N(CCC#N)c2ccc(F)cc2)CC1. The van der Waals surface area contributed by atoms with Gasteiger partial charge in [0.25, 0.3) is 0 Å². The van der Waals surface area contributed by atoms with Crippen molar-refractivity contribution in [2.24, 2.45) is 5.92 Å². The molecule has 1 N–H and O–H groups in total. The van der Waals surface area contributed by atoms with Crippen molar-refractivity contribution in [3.8, 4) is 6.07 Å². The van der Waals surface area contributed by atoms with Crippen LogP contribution >= 0.6 is 0 Å². The molecule has 1 heterocycles. The summed E-state index contributed by atoms with van der Waals surface area (Å²) in [5.74, 6) is -0.160. The zero-order valence-electron chi connectivity index (χ0n) is 14.9. The van der Waals surface area contributed by atoms with E-state index in [2.05, 4.69) is 11.0 Å². The van der Waals surface area contributed by atoms with Crippen molar-refractivity contribution in [2.75, 3.05) is 24.5 Å². The van der Waals surface area contributed by atoms with Crippen molar-refractivity contribution >= 4 is 11.6 Å². The molecule has 136 valence electrons. The lowest BCUT2D eigenvalue weighted by molar-refractivity contribution is -0.124. The third-order valence-corrected chi connectivity index (χ3v) is 5.01. The minimum Gasteiger partial charge on any atom is -0.393 e. The maximum Gasteiger partial charge on any atom is 0.244 e. The van der Waals surface area contributed by atoms with E-state index in [-0.39, 0.29) is 42.8 Å². The molecule has 0 aromatic heterocycles. The Morgan fingerprint density at radius 2 is 1.96 bits per heavy atom. The fourth-order valence-electron chi connectivity index (χ4n) is 3.32. The maximum atomic E-state index is 13.2. The van der Waals surface area contributed by atoms with Crippen LogP contribution in [-0.2, 0) is 4.79 Å². The number of halogens is 1. The number of nitrogens with zero attached hydrogens (tertiary/aromatic N) is 3.